The van der Waals surface area contributed by atoms with E-state index in [1.165, 1.54) is 0 Å². The Morgan fingerprint density at radius 3 is 2.19 bits per heavy atom. The molecule has 0 saturated heterocycles. The monoisotopic (exact) mass is 303 g/mol. The SMILES string of the molecule is CNC(c1ccc(OC)cc1)C(C)S(=O)c1ccccc1. The predicted molar refractivity (Wildman–Crippen MR) is 87.1 cm³/mol. The summed E-state index contributed by atoms with van der Waals surface area (Å²) in [7, 11) is 2.49. The molecule has 1 N–H and O–H groups in total. The van der Waals surface area contributed by atoms with Crippen molar-refractivity contribution in [3.63, 3.8) is 0 Å². The number of hydrogen-bond acceptors (Lipinski definition) is 3. The van der Waals surface area contributed by atoms with Crippen LogP contribution in [0, 0.1) is 0 Å². The van der Waals surface area contributed by atoms with Gasteiger partial charge in [-0.25, -0.2) is 0 Å². The molecule has 0 aromatic heterocycles. The number of nitrogens with one attached hydrogen (secondary N) is 1. The van der Waals surface area contributed by atoms with E-state index in [1.807, 2.05) is 68.6 Å². The fourth-order valence-corrected chi connectivity index (χ4v) is 3.77. The van der Waals surface area contributed by atoms with Crippen molar-refractivity contribution in [3.8, 4) is 5.75 Å². The molecule has 2 aromatic rings. The minimum atomic E-state index is -1.06. The molecule has 0 fully saturated rings. The second kappa shape index (κ2) is 7.38. The summed E-state index contributed by atoms with van der Waals surface area (Å²) in [4.78, 5) is 0.860. The summed E-state index contributed by atoms with van der Waals surface area (Å²) in [6, 6.07) is 17.5. The molecular formula is C17H21NO2S. The molecule has 0 aliphatic rings. The zero-order valence-corrected chi connectivity index (χ0v) is 13.4. The summed E-state index contributed by atoms with van der Waals surface area (Å²) in [5.74, 6) is 0.824. The molecule has 0 spiro atoms. The minimum Gasteiger partial charge on any atom is -0.497 e. The van der Waals surface area contributed by atoms with Crippen LogP contribution < -0.4 is 10.1 Å². The average molecular weight is 303 g/mol. The lowest BCUT2D eigenvalue weighted by atomic mass is 10.0. The Morgan fingerprint density at radius 1 is 1.05 bits per heavy atom. The highest BCUT2D eigenvalue weighted by Gasteiger charge is 2.24. The second-order valence-electron chi connectivity index (χ2n) is 4.86. The molecular weight excluding hydrogens is 282 g/mol. The highest BCUT2D eigenvalue weighted by molar-refractivity contribution is 7.85. The molecule has 4 heteroatoms. The molecule has 0 saturated carbocycles. The van der Waals surface area contributed by atoms with Gasteiger partial charge in [0.15, 0.2) is 0 Å². The van der Waals surface area contributed by atoms with E-state index in [0.29, 0.717) is 0 Å². The molecule has 0 aliphatic heterocycles. The van der Waals surface area contributed by atoms with Crippen LogP contribution in [0.25, 0.3) is 0 Å². The van der Waals surface area contributed by atoms with E-state index in [9.17, 15) is 4.21 Å². The van der Waals surface area contributed by atoms with E-state index in [1.54, 1.807) is 7.11 Å². The maximum atomic E-state index is 12.7. The lowest BCUT2D eigenvalue weighted by molar-refractivity contribution is 0.414. The van der Waals surface area contributed by atoms with E-state index < -0.39 is 10.8 Å². The zero-order chi connectivity index (χ0) is 15.2. The summed E-state index contributed by atoms with van der Waals surface area (Å²) in [5.41, 5.74) is 1.11. The molecule has 0 aliphatic carbocycles. The van der Waals surface area contributed by atoms with Crippen LogP contribution in [0.15, 0.2) is 59.5 Å². The minimum absolute atomic E-state index is 0.0249. The van der Waals surface area contributed by atoms with Crippen molar-refractivity contribution in [2.45, 2.75) is 23.1 Å². The molecule has 3 nitrogen and oxygen atoms in total. The molecule has 0 amide bonds. The third kappa shape index (κ3) is 3.71. The second-order valence-corrected chi connectivity index (χ2v) is 6.66. The van der Waals surface area contributed by atoms with Gasteiger partial charge in [0.1, 0.15) is 5.75 Å². The summed E-state index contributed by atoms with van der Waals surface area (Å²) in [6.07, 6.45) is 0. The van der Waals surface area contributed by atoms with Crippen molar-refractivity contribution >= 4 is 10.8 Å². The Kier molecular flexibility index (Phi) is 5.53. The van der Waals surface area contributed by atoms with Crippen LogP contribution in [0.4, 0.5) is 0 Å². The zero-order valence-electron chi connectivity index (χ0n) is 12.6. The van der Waals surface area contributed by atoms with E-state index in [0.717, 1.165) is 16.2 Å². The number of methoxy groups -OCH3 is 1. The van der Waals surface area contributed by atoms with Crippen LogP contribution >= 0.6 is 0 Å². The predicted octanol–water partition coefficient (Wildman–Crippen LogP) is 3.15. The Bertz CT molecular complexity index is 583. The summed E-state index contributed by atoms with van der Waals surface area (Å²) < 4.78 is 17.9. The molecule has 112 valence electrons. The van der Waals surface area contributed by atoms with Gasteiger partial charge < -0.3 is 10.1 Å². The molecule has 0 radical (unpaired) electrons. The van der Waals surface area contributed by atoms with Gasteiger partial charge in [-0.15, -0.1) is 0 Å². The van der Waals surface area contributed by atoms with Crippen molar-refractivity contribution in [1.82, 2.24) is 5.32 Å². The van der Waals surface area contributed by atoms with Gasteiger partial charge in [0.05, 0.1) is 23.2 Å². The Balaban J connectivity index is 2.21. The maximum absolute atomic E-state index is 12.7. The van der Waals surface area contributed by atoms with E-state index in [2.05, 4.69) is 5.32 Å². The summed E-state index contributed by atoms with van der Waals surface area (Å²) in [5, 5.41) is 3.24. The molecule has 0 bridgehead atoms. The average Bonchev–Trinajstić information content (AvgIpc) is 2.56. The first kappa shape index (κ1) is 15.7. The lowest BCUT2D eigenvalue weighted by Crippen LogP contribution is -2.30. The largest absolute Gasteiger partial charge is 0.497 e. The van der Waals surface area contributed by atoms with Crippen molar-refractivity contribution in [2.75, 3.05) is 14.2 Å². The van der Waals surface area contributed by atoms with Crippen LogP contribution in [0.1, 0.15) is 18.5 Å². The topological polar surface area (TPSA) is 38.3 Å². The third-order valence-electron chi connectivity index (χ3n) is 3.57. The van der Waals surface area contributed by atoms with Crippen LogP contribution in [-0.4, -0.2) is 23.6 Å². The van der Waals surface area contributed by atoms with Gasteiger partial charge in [0.25, 0.3) is 0 Å². The quantitative estimate of drug-likeness (QED) is 0.891. The number of ether oxygens (including phenoxy) is 1. The van der Waals surface area contributed by atoms with Crippen molar-refractivity contribution in [2.24, 2.45) is 0 Å². The van der Waals surface area contributed by atoms with E-state index >= 15 is 0 Å². The van der Waals surface area contributed by atoms with Crippen LogP contribution in [0.3, 0.4) is 0 Å². The van der Waals surface area contributed by atoms with Crippen molar-refractivity contribution in [3.05, 3.63) is 60.2 Å². The number of rotatable bonds is 6. The number of hydrogen-bond donors (Lipinski definition) is 1. The first-order chi connectivity index (χ1) is 10.2. The van der Waals surface area contributed by atoms with Gasteiger partial charge in [-0.05, 0) is 43.8 Å². The van der Waals surface area contributed by atoms with E-state index in [-0.39, 0.29) is 11.3 Å². The molecule has 2 rings (SSSR count). The van der Waals surface area contributed by atoms with Crippen LogP contribution in [0.2, 0.25) is 0 Å². The highest BCUT2D eigenvalue weighted by Crippen LogP contribution is 2.25. The smallest absolute Gasteiger partial charge is 0.118 e. The molecule has 0 heterocycles. The van der Waals surface area contributed by atoms with Crippen LogP contribution in [-0.2, 0) is 10.8 Å². The maximum Gasteiger partial charge on any atom is 0.118 e. The van der Waals surface area contributed by atoms with Gasteiger partial charge >= 0.3 is 0 Å². The van der Waals surface area contributed by atoms with Crippen molar-refractivity contribution in [1.29, 1.82) is 0 Å². The summed E-state index contributed by atoms with van der Waals surface area (Å²) >= 11 is 0. The highest BCUT2D eigenvalue weighted by atomic mass is 32.2. The Labute approximate surface area is 128 Å². The van der Waals surface area contributed by atoms with E-state index in [4.69, 9.17) is 4.74 Å². The third-order valence-corrected chi connectivity index (χ3v) is 5.25. The number of benzene rings is 2. The van der Waals surface area contributed by atoms with Crippen molar-refractivity contribution < 1.29 is 8.95 Å². The van der Waals surface area contributed by atoms with Gasteiger partial charge in [-0.2, -0.15) is 0 Å². The van der Waals surface area contributed by atoms with Gasteiger partial charge in [0.2, 0.25) is 0 Å². The van der Waals surface area contributed by atoms with Gasteiger partial charge in [0, 0.05) is 10.9 Å². The first-order valence-corrected chi connectivity index (χ1v) is 8.15. The fourth-order valence-electron chi connectivity index (χ4n) is 2.38. The molecule has 3 unspecified atom stereocenters. The Morgan fingerprint density at radius 2 is 1.67 bits per heavy atom. The first-order valence-electron chi connectivity index (χ1n) is 6.94. The van der Waals surface area contributed by atoms with Gasteiger partial charge in [-0.3, -0.25) is 4.21 Å². The standard InChI is InChI=1S/C17H21NO2S/c1-13(21(19)16-7-5-4-6-8-16)17(18-2)14-9-11-15(20-3)12-10-14/h4-13,17-18H,1-3H3. The van der Waals surface area contributed by atoms with Gasteiger partial charge in [-0.1, -0.05) is 30.3 Å². The lowest BCUT2D eigenvalue weighted by Gasteiger charge is -2.23. The normalized spacial score (nSPS) is 15.2. The Hall–Kier alpha value is -1.65. The fraction of sp³-hybridized carbons (Fsp3) is 0.294. The van der Waals surface area contributed by atoms with Crippen LogP contribution in [0.5, 0.6) is 5.75 Å². The summed E-state index contributed by atoms with van der Waals surface area (Å²) in [6.45, 7) is 2.01. The molecule has 3 atom stereocenters. The molecule has 21 heavy (non-hydrogen) atoms. The molecule has 2 aromatic carbocycles.